The molecule has 1 atom stereocenters. The molecule has 1 aromatic carbocycles. The minimum atomic E-state index is -1.40. The third-order valence-corrected chi connectivity index (χ3v) is 2.65. The molecule has 1 rings (SSSR count). The summed E-state index contributed by atoms with van der Waals surface area (Å²) in [7, 11) is 0. The number of carboxylic acid groups (broad SMARTS) is 1. The number of carbonyl (C=O) groups is 2. The molecule has 0 saturated carbocycles. The van der Waals surface area contributed by atoms with Gasteiger partial charge < -0.3 is 15.7 Å². The number of rotatable bonds is 6. The SMILES string of the molecule is CC(CCCC(=O)O)NC(=O)Nc1cc(F)cc(F)c1F. The Morgan fingerprint density at radius 2 is 1.95 bits per heavy atom. The second-order valence-corrected chi connectivity index (χ2v) is 4.53. The van der Waals surface area contributed by atoms with E-state index in [9.17, 15) is 22.8 Å². The van der Waals surface area contributed by atoms with Crippen LogP contribution in [-0.2, 0) is 4.79 Å². The van der Waals surface area contributed by atoms with E-state index in [2.05, 4.69) is 5.32 Å². The summed E-state index contributed by atoms with van der Waals surface area (Å²) >= 11 is 0. The highest BCUT2D eigenvalue weighted by Gasteiger charge is 2.14. The van der Waals surface area contributed by atoms with Gasteiger partial charge in [0.25, 0.3) is 0 Å². The largest absolute Gasteiger partial charge is 0.481 e. The Hall–Kier alpha value is -2.25. The van der Waals surface area contributed by atoms with E-state index < -0.39 is 35.1 Å². The maximum atomic E-state index is 13.3. The molecule has 0 bridgehead atoms. The summed E-state index contributed by atoms with van der Waals surface area (Å²) in [5.41, 5.74) is -0.609. The highest BCUT2D eigenvalue weighted by atomic mass is 19.2. The molecule has 5 nitrogen and oxygen atoms in total. The Labute approximate surface area is 119 Å². The Kier molecular flexibility index (Phi) is 6.01. The van der Waals surface area contributed by atoms with E-state index in [1.54, 1.807) is 6.92 Å². The number of nitrogens with one attached hydrogen (secondary N) is 2. The van der Waals surface area contributed by atoms with Gasteiger partial charge in [-0.15, -0.1) is 0 Å². The van der Waals surface area contributed by atoms with Crippen molar-refractivity contribution in [1.82, 2.24) is 5.32 Å². The van der Waals surface area contributed by atoms with E-state index >= 15 is 0 Å². The predicted octanol–water partition coefficient (Wildman–Crippen LogP) is 2.87. The van der Waals surface area contributed by atoms with E-state index in [1.165, 1.54) is 0 Å². The maximum absolute atomic E-state index is 13.3. The van der Waals surface area contributed by atoms with Gasteiger partial charge in [0.2, 0.25) is 0 Å². The van der Waals surface area contributed by atoms with Crippen LogP contribution < -0.4 is 10.6 Å². The van der Waals surface area contributed by atoms with Crippen molar-refractivity contribution in [2.45, 2.75) is 32.2 Å². The van der Waals surface area contributed by atoms with Gasteiger partial charge in [-0.1, -0.05) is 0 Å². The van der Waals surface area contributed by atoms with Crippen LogP contribution in [0.15, 0.2) is 12.1 Å². The van der Waals surface area contributed by atoms with E-state index in [0.29, 0.717) is 25.0 Å². The van der Waals surface area contributed by atoms with Gasteiger partial charge in [0.15, 0.2) is 11.6 Å². The van der Waals surface area contributed by atoms with E-state index in [4.69, 9.17) is 5.11 Å². The number of hydrogen-bond donors (Lipinski definition) is 3. The lowest BCUT2D eigenvalue weighted by molar-refractivity contribution is -0.137. The third-order valence-electron chi connectivity index (χ3n) is 2.65. The third kappa shape index (κ3) is 5.72. The van der Waals surface area contributed by atoms with E-state index in [1.807, 2.05) is 5.32 Å². The van der Waals surface area contributed by atoms with Crippen LogP contribution in [0, 0.1) is 17.5 Å². The summed E-state index contributed by atoms with van der Waals surface area (Å²) in [6.07, 6.45) is 0.733. The first kappa shape index (κ1) is 16.8. The molecule has 0 radical (unpaired) electrons. The van der Waals surface area contributed by atoms with Crippen LogP contribution in [-0.4, -0.2) is 23.1 Å². The molecular weight excluding hydrogens is 289 g/mol. The standard InChI is InChI=1S/C13H15F3N2O3/c1-7(3-2-4-11(19)20)17-13(21)18-10-6-8(14)5-9(15)12(10)16/h5-7H,2-4H2,1H3,(H,19,20)(H2,17,18,21). The fourth-order valence-electron chi connectivity index (χ4n) is 1.66. The molecule has 0 aliphatic carbocycles. The number of aliphatic carboxylic acids is 1. The lowest BCUT2D eigenvalue weighted by Crippen LogP contribution is -2.36. The topological polar surface area (TPSA) is 78.4 Å². The molecule has 3 N–H and O–H groups in total. The highest BCUT2D eigenvalue weighted by molar-refractivity contribution is 5.89. The molecule has 21 heavy (non-hydrogen) atoms. The fourth-order valence-corrected chi connectivity index (χ4v) is 1.66. The van der Waals surface area contributed by atoms with E-state index in [0.717, 1.165) is 0 Å². The lowest BCUT2D eigenvalue weighted by Gasteiger charge is -2.14. The van der Waals surface area contributed by atoms with Crippen molar-refractivity contribution in [1.29, 1.82) is 0 Å². The number of benzene rings is 1. The molecule has 1 aromatic rings. The van der Waals surface area contributed by atoms with Gasteiger partial charge in [0.1, 0.15) is 5.82 Å². The average Bonchev–Trinajstić information content (AvgIpc) is 2.34. The quantitative estimate of drug-likeness (QED) is 0.707. The molecule has 116 valence electrons. The maximum Gasteiger partial charge on any atom is 0.319 e. The van der Waals surface area contributed by atoms with Crippen molar-refractivity contribution in [2.24, 2.45) is 0 Å². The molecule has 0 saturated heterocycles. The molecular formula is C13H15F3N2O3. The van der Waals surface area contributed by atoms with Gasteiger partial charge in [0.05, 0.1) is 5.69 Å². The van der Waals surface area contributed by atoms with Crippen molar-refractivity contribution >= 4 is 17.7 Å². The second-order valence-electron chi connectivity index (χ2n) is 4.53. The van der Waals surface area contributed by atoms with E-state index in [-0.39, 0.29) is 12.5 Å². The molecule has 0 fully saturated rings. The lowest BCUT2D eigenvalue weighted by atomic mass is 10.1. The predicted molar refractivity (Wildman–Crippen MR) is 69.4 cm³/mol. The number of amides is 2. The van der Waals surface area contributed by atoms with Crippen molar-refractivity contribution in [2.75, 3.05) is 5.32 Å². The van der Waals surface area contributed by atoms with Crippen molar-refractivity contribution < 1.29 is 27.9 Å². The van der Waals surface area contributed by atoms with Gasteiger partial charge in [-0.05, 0) is 19.8 Å². The Balaban J connectivity index is 2.52. The Morgan fingerprint density at radius 1 is 1.29 bits per heavy atom. The molecule has 0 spiro atoms. The highest BCUT2D eigenvalue weighted by Crippen LogP contribution is 2.19. The summed E-state index contributed by atoms with van der Waals surface area (Å²) in [6.45, 7) is 1.63. The summed E-state index contributed by atoms with van der Waals surface area (Å²) in [4.78, 5) is 21.9. The molecule has 8 heteroatoms. The number of urea groups is 1. The number of anilines is 1. The van der Waals surface area contributed by atoms with Crippen LogP contribution in [0.25, 0.3) is 0 Å². The van der Waals surface area contributed by atoms with Crippen LogP contribution in [0.5, 0.6) is 0 Å². The molecule has 2 amide bonds. The van der Waals surface area contributed by atoms with Crippen LogP contribution >= 0.6 is 0 Å². The fraction of sp³-hybridized carbons (Fsp3) is 0.385. The molecule has 0 aromatic heterocycles. The van der Waals surface area contributed by atoms with Gasteiger partial charge in [-0.2, -0.15) is 0 Å². The van der Waals surface area contributed by atoms with Gasteiger partial charge in [0, 0.05) is 24.6 Å². The molecule has 0 aliphatic heterocycles. The minimum absolute atomic E-state index is 0.0304. The van der Waals surface area contributed by atoms with Crippen molar-refractivity contribution in [3.63, 3.8) is 0 Å². The molecule has 1 unspecified atom stereocenters. The minimum Gasteiger partial charge on any atom is -0.481 e. The van der Waals surface area contributed by atoms with Crippen molar-refractivity contribution in [3.05, 3.63) is 29.6 Å². The number of carboxylic acids is 1. The smallest absolute Gasteiger partial charge is 0.319 e. The summed E-state index contributed by atoms with van der Waals surface area (Å²) in [5.74, 6) is -4.72. The monoisotopic (exact) mass is 304 g/mol. The van der Waals surface area contributed by atoms with Gasteiger partial charge >= 0.3 is 12.0 Å². The van der Waals surface area contributed by atoms with Crippen LogP contribution in [0.4, 0.5) is 23.7 Å². The Morgan fingerprint density at radius 3 is 2.57 bits per heavy atom. The average molecular weight is 304 g/mol. The van der Waals surface area contributed by atoms with Crippen LogP contribution in [0.2, 0.25) is 0 Å². The van der Waals surface area contributed by atoms with Gasteiger partial charge in [-0.3, -0.25) is 4.79 Å². The number of hydrogen-bond acceptors (Lipinski definition) is 2. The van der Waals surface area contributed by atoms with Crippen LogP contribution in [0.1, 0.15) is 26.2 Å². The molecule has 0 aliphatic rings. The first-order valence-electron chi connectivity index (χ1n) is 6.23. The zero-order valence-corrected chi connectivity index (χ0v) is 11.3. The zero-order chi connectivity index (χ0) is 16.0. The summed E-state index contributed by atoms with van der Waals surface area (Å²) < 4.78 is 39.2. The number of halogens is 3. The first-order valence-corrected chi connectivity index (χ1v) is 6.23. The first-order chi connectivity index (χ1) is 9.79. The molecule has 0 heterocycles. The van der Waals surface area contributed by atoms with Gasteiger partial charge in [-0.25, -0.2) is 18.0 Å². The summed E-state index contributed by atoms with van der Waals surface area (Å²) in [6, 6.07) is -0.174. The van der Waals surface area contributed by atoms with Crippen molar-refractivity contribution in [3.8, 4) is 0 Å². The van der Waals surface area contributed by atoms with Crippen LogP contribution in [0.3, 0.4) is 0 Å². The number of carbonyl (C=O) groups excluding carboxylic acids is 1. The second kappa shape index (κ2) is 7.51. The normalized spacial score (nSPS) is 11.8. The zero-order valence-electron chi connectivity index (χ0n) is 11.3. The Bertz CT molecular complexity index is 538. The summed E-state index contributed by atoms with van der Waals surface area (Å²) in [5, 5.41) is 12.9.